The van der Waals surface area contributed by atoms with Gasteiger partial charge in [-0.15, -0.1) is 13.2 Å². The number of nitrogens with zero attached hydrogens (tertiary/aromatic N) is 2. The number of esters is 1. The minimum absolute atomic E-state index is 0.0826. The molecule has 4 fully saturated rings. The molecule has 206 valence electrons. The Kier molecular flexibility index (Phi) is 8.48. The van der Waals surface area contributed by atoms with Crippen molar-refractivity contribution in [1.82, 2.24) is 9.80 Å². The molecule has 0 radical (unpaired) electrons. The van der Waals surface area contributed by atoms with E-state index in [-0.39, 0.29) is 31.1 Å². The van der Waals surface area contributed by atoms with Crippen LogP contribution in [0.15, 0.2) is 25.3 Å². The summed E-state index contributed by atoms with van der Waals surface area (Å²) in [5.41, 5.74) is -1.94. The van der Waals surface area contributed by atoms with Crippen LogP contribution in [0.25, 0.3) is 0 Å². The Bertz CT molecular complexity index is 897. The van der Waals surface area contributed by atoms with E-state index in [4.69, 9.17) is 9.47 Å². The van der Waals surface area contributed by atoms with E-state index in [1.807, 2.05) is 18.7 Å². The van der Waals surface area contributed by atoms with E-state index < -0.39 is 41.1 Å². The highest BCUT2D eigenvalue weighted by atomic mass is 16.6. The van der Waals surface area contributed by atoms with Gasteiger partial charge in [-0.1, -0.05) is 45.3 Å². The molecule has 4 aliphatic rings. The van der Waals surface area contributed by atoms with Gasteiger partial charge in [-0.3, -0.25) is 14.4 Å². The summed E-state index contributed by atoms with van der Waals surface area (Å²) in [4.78, 5) is 45.7. The van der Waals surface area contributed by atoms with Crippen molar-refractivity contribution < 1.29 is 29.0 Å². The summed E-state index contributed by atoms with van der Waals surface area (Å²) < 4.78 is 12.4. The fourth-order valence-corrected chi connectivity index (χ4v) is 7.54. The third-order valence-electron chi connectivity index (χ3n) is 9.37. The van der Waals surface area contributed by atoms with Crippen LogP contribution in [0, 0.1) is 11.8 Å². The Labute approximate surface area is 221 Å². The van der Waals surface area contributed by atoms with E-state index in [1.165, 1.54) is 0 Å². The van der Waals surface area contributed by atoms with Crippen LogP contribution >= 0.6 is 0 Å². The Hall–Kier alpha value is -2.19. The Morgan fingerprint density at radius 1 is 1.22 bits per heavy atom. The SMILES string of the molecule is C=CCCOC(=O)[C@H]1[C@H]2C(=O)N([C@@H](CC)CO)C(C(=O)N(CC=C)C3CCCCC3)C23CC[C@]1(CC)O3. The number of ether oxygens (including phenoxy) is 2. The number of fused-ring (bicyclic) bond motifs is 1. The van der Waals surface area contributed by atoms with Crippen LogP contribution in [-0.2, 0) is 23.9 Å². The van der Waals surface area contributed by atoms with Crippen LogP contribution < -0.4 is 0 Å². The smallest absolute Gasteiger partial charge is 0.312 e. The lowest BCUT2D eigenvalue weighted by molar-refractivity contribution is -0.164. The van der Waals surface area contributed by atoms with Gasteiger partial charge in [0, 0.05) is 12.6 Å². The lowest BCUT2D eigenvalue weighted by Crippen LogP contribution is -2.60. The van der Waals surface area contributed by atoms with Gasteiger partial charge < -0.3 is 24.4 Å². The standard InChI is InChI=1S/C29H44N2O6/c1-5-9-18-36-27(35)23-22-25(33)31(20(7-3)19-32)24(29(22)16-15-28(23,8-4)37-29)26(34)30(17-6-2)21-13-11-10-12-14-21/h5-6,20-24,32H,1-2,7-19H2,3-4H3/t20-,22-,23+,24?,28-,29?/m0/s1. The van der Waals surface area contributed by atoms with E-state index >= 15 is 0 Å². The largest absolute Gasteiger partial charge is 0.465 e. The van der Waals surface area contributed by atoms with Crippen LogP contribution in [0.3, 0.4) is 0 Å². The fourth-order valence-electron chi connectivity index (χ4n) is 7.54. The molecule has 1 aliphatic carbocycles. The zero-order valence-corrected chi connectivity index (χ0v) is 22.5. The topological polar surface area (TPSA) is 96.4 Å². The maximum atomic E-state index is 14.5. The highest BCUT2D eigenvalue weighted by Gasteiger charge is 2.79. The van der Waals surface area contributed by atoms with Crippen LogP contribution in [0.2, 0.25) is 0 Å². The van der Waals surface area contributed by atoms with Crippen LogP contribution in [0.1, 0.15) is 78.1 Å². The van der Waals surface area contributed by atoms with Crippen LogP contribution in [-0.4, -0.2) is 81.8 Å². The summed E-state index contributed by atoms with van der Waals surface area (Å²) in [5, 5.41) is 10.3. The maximum Gasteiger partial charge on any atom is 0.312 e. The first kappa shape index (κ1) is 27.8. The number of amides is 2. The summed E-state index contributed by atoms with van der Waals surface area (Å²) in [6.45, 7) is 11.8. The molecule has 8 heteroatoms. The molecule has 2 unspecified atom stereocenters. The molecule has 0 aromatic carbocycles. The number of rotatable bonds is 12. The Morgan fingerprint density at radius 2 is 1.95 bits per heavy atom. The predicted octanol–water partition coefficient (Wildman–Crippen LogP) is 3.38. The normalized spacial score (nSPS) is 33.8. The zero-order chi connectivity index (χ0) is 26.8. The van der Waals surface area contributed by atoms with Crippen molar-refractivity contribution in [3.8, 4) is 0 Å². The van der Waals surface area contributed by atoms with Gasteiger partial charge in [-0.25, -0.2) is 0 Å². The van der Waals surface area contributed by atoms with E-state index in [0.29, 0.717) is 38.6 Å². The van der Waals surface area contributed by atoms with Gasteiger partial charge in [-0.2, -0.15) is 0 Å². The van der Waals surface area contributed by atoms with E-state index in [1.54, 1.807) is 17.1 Å². The minimum atomic E-state index is -1.11. The molecule has 37 heavy (non-hydrogen) atoms. The molecule has 4 rings (SSSR count). The number of likely N-dealkylation sites (tertiary alicyclic amines) is 1. The average molecular weight is 517 g/mol. The molecular weight excluding hydrogens is 472 g/mol. The molecule has 3 saturated heterocycles. The van der Waals surface area contributed by atoms with Crippen molar-refractivity contribution in [3.63, 3.8) is 0 Å². The third-order valence-corrected chi connectivity index (χ3v) is 9.37. The highest BCUT2D eigenvalue weighted by Crippen LogP contribution is 2.65. The van der Waals surface area contributed by atoms with Crippen LogP contribution in [0.4, 0.5) is 0 Å². The predicted molar refractivity (Wildman–Crippen MR) is 139 cm³/mol. The van der Waals surface area contributed by atoms with Crippen molar-refractivity contribution in [3.05, 3.63) is 25.3 Å². The number of carbonyl (C=O) groups is 3. The highest BCUT2D eigenvalue weighted by molar-refractivity contribution is 5.99. The molecule has 1 spiro atoms. The second kappa shape index (κ2) is 11.3. The molecule has 6 atom stereocenters. The van der Waals surface area contributed by atoms with Crippen LogP contribution in [0.5, 0.6) is 0 Å². The van der Waals surface area contributed by atoms with Gasteiger partial charge in [0.05, 0.1) is 30.8 Å². The Balaban J connectivity index is 1.77. The van der Waals surface area contributed by atoms with E-state index in [9.17, 15) is 19.5 Å². The lowest BCUT2D eigenvalue weighted by atomic mass is 9.65. The first-order valence-electron chi connectivity index (χ1n) is 14.2. The van der Waals surface area contributed by atoms with Crippen molar-refractivity contribution in [1.29, 1.82) is 0 Å². The molecule has 2 bridgehead atoms. The molecule has 1 N–H and O–H groups in total. The number of carbonyl (C=O) groups excluding carboxylic acids is 3. The molecule has 0 aromatic rings. The fraction of sp³-hybridized carbons (Fsp3) is 0.759. The number of aliphatic hydroxyl groups excluding tert-OH is 1. The first-order chi connectivity index (χ1) is 17.9. The number of hydrogen-bond acceptors (Lipinski definition) is 6. The third kappa shape index (κ3) is 4.44. The summed E-state index contributed by atoms with van der Waals surface area (Å²) in [6.07, 6.45) is 11.2. The van der Waals surface area contributed by atoms with Crippen molar-refractivity contribution in [2.45, 2.75) is 107 Å². The number of hydrogen-bond donors (Lipinski definition) is 1. The monoisotopic (exact) mass is 516 g/mol. The van der Waals surface area contributed by atoms with Gasteiger partial charge in [0.25, 0.3) is 0 Å². The maximum absolute atomic E-state index is 14.5. The Morgan fingerprint density at radius 3 is 2.54 bits per heavy atom. The molecule has 2 amide bonds. The van der Waals surface area contributed by atoms with Gasteiger partial charge >= 0.3 is 5.97 Å². The van der Waals surface area contributed by atoms with E-state index in [2.05, 4.69) is 13.2 Å². The number of aliphatic hydroxyl groups is 1. The average Bonchev–Trinajstić information content (AvgIpc) is 3.52. The minimum Gasteiger partial charge on any atom is -0.465 e. The lowest BCUT2D eigenvalue weighted by Gasteiger charge is -2.42. The molecule has 3 aliphatic heterocycles. The van der Waals surface area contributed by atoms with Gasteiger partial charge in [-0.05, 0) is 44.9 Å². The molecule has 8 nitrogen and oxygen atoms in total. The quantitative estimate of drug-likeness (QED) is 0.243. The van der Waals surface area contributed by atoms with E-state index in [0.717, 1.165) is 32.1 Å². The molecule has 3 heterocycles. The summed E-state index contributed by atoms with van der Waals surface area (Å²) >= 11 is 0. The summed E-state index contributed by atoms with van der Waals surface area (Å²) in [5.74, 6) is -2.44. The first-order valence-corrected chi connectivity index (χ1v) is 14.2. The van der Waals surface area contributed by atoms with Gasteiger partial charge in [0.15, 0.2) is 0 Å². The van der Waals surface area contributed by atoms with Gasteiger partial charge in [0.2, 0.25) is 11.8 Å². The molecular formula is C29H44N2O6. The molecule has 1 saturated carbocycles. The second-order valence-corrected chi connectivity index (χ2v) is 11.1. The second-order valence-electron chi connectivity index (χ2n) is 11.1. The molecule has 0 aromatic heterocycles. The van der Waals surface area contributed by atoms with Gasteiger partial charge in [0.1, 0.15) is 17.6 Å². The van der Waals surface area contributed by atoms with Crippen molar-refractivity contribution in [2.24, 2.45) is 11.8 Å². The summed E-state index contributed by atoms with van der Waals surface area (Å²) in [6, 6.07) is -1.33. The summed E-state index contributed by atoms with van der Waals surface area (Å²) in [7, 11) is 0. The van der Waals surface area contributed by atoms with Crippen molar-refractivity contribution in [2.75, 3.05) is 19.8 Å². The zero-order valence-electron chi connectivity index (χ0n) is 22.5. The van der Waals surface area contributed by atoms with Crippen molar-refractivity contribution >= 4 is 17.8 Å².